The largest absolute Gasteiger partial charge is 0.356 e. The average molecular weight is 560 g/mol. The maximum absolute atomic E-state index is 13.8. The van der Waals surface area contributed by atoms with Crippen LogP contribution in [0, 0.1) is 5.82 Å². The molecule has 0 spiro atoms. The lowest BCUT2D eigenvalue weighted by molar-refractivity contribution is 0.602. The highest BCUT2D eigenvalue weighted by Crippen LogP contribution is 2.16. The van der Waals surface area contributed by atoms with Gasteiger partial charge >= 0.3 is 0 Å². The van der Waals surface area contributed by atoms with Gasteiger partial charge in [0, 0.05) is 43.4 Å². The smallest absolute Gasteiger partial charge is 0.190 e. The summed E-state index contributed by atoms with van der Waals surface area (Å²) in [7, 11) is 1.74. The number of imidazole rings is 1. The molecule has 3 rings (SSSR count). The number of hydrogen-bond donors (Lipinski definition) is 2. The molecule has 3 aromatic rings. The molecule has 150 valence electrons. The Bertz CT molecular complexity index is 895. The second-order valence-electron chi connectivity index (χ2n) is 6.21. The predicted octanol–water partition coefficient (Wildman–Crippen LogP) is 4.19. The highest BCUT2D eigenvalue weighted by molar-refractivity contribution is 14.0. The SMILES string of the molecule is CN=C(NCCCc1ccc(Br)cc1F)NCCc1cn2ccccc2n1.I. The predicted molar refractivity (Wildman–Crippen MR) is 126 cm³/mol. The van der Waals surface area contributed by atoms with Crippen LogP contribution in [0.4, 0.5) is 4.39 Å². The van der Waals surface area contributed by atoms with Gasteiger partial charge in [0.25, 0.3) is 0 Å². The summed E-state index contributed by atoms with van der Waals surface area (Å²) < 4.78 is 16.6. The monoisotopic (exact) mass is 559 g/mol. The van der Waals surface area contributed by atoms with Gasteiger partial charge in [-0.05, 0) is 42.7 Å². The lowest BCUT2D eigenvalue weighted by Gasteiger charge is -2.11. The minimum Gasteiger partial charge on any atom is -0.356 e. The number of halogens is 3. The normalized spacial score (nSPS) is 11.3. The van der Waals surface area contributed by atoms with Crippen LogP contribution in [0.15, 0.2) is 58.3 Å². The van der Waals surface area contributed by atoms with Crippen LogP contribution in [-0.4, -0.2) is 35.5 Å². The van der Waals surface area contributed by atoms with Gasteiger partial charge in [0.15, 0.2) is 5.96 Å². The molecule has 5 nitrogen and oxygen atoms in total. The lowest BCUT2D eigenvalue weighted by atomic mass is 10.1. The number of hydrogen-bond acceptors (Lipinski definition) is 2. The number of guanidine groups is 1. The number of rotatable bonds is 7. The first-order valence-corrected chi connectivity index (χ1v) is 9.76. The third kappa shape index (κ3) is 6.44. The van der Waals surface area contributed by atoms with Crippen LogP contribution in [0.3, 0.4) is 0 Å². The summed E-state index contributed by atoms with van der Waals surface area (Å²) in [6.07, 6.45) is 6.36. The van der Waals surface area contributed by atoms with E-state index in [1.54, 1.807) is 7.05 Å². The van der Waals surface area contributed by atoms with E-state index in [1.165, 1.54) is 6.07 Å². The van der Waals surface area contributed by atoms with E-state index < -0.39 is 0 Å². The minimum absolute atomic E-state index is 0. The Morgan fingerprint density at radius 1 is 1.18 bits per heavy atom. The molecule has 0 bridgehead atoms. The fraction of sp³-hybridized carbons (Fsp3) is 0.300. The molecule has 0 radical (unpaired) electrons. The maximum Gasteiger partial charge on any atom is 0.190 e. The molecule has 2 heterocycles. The van der Waals surface area contributed by atoms with Crippen molar-refractivity contribution in [3.05, 3.63) is 70.3 Å². The van der Waals surface area contributed by atoms with Gasteiger partial charge in [0.1, 0.15) is 11.5 Å². The van der Waals surface area contributed by atoms with Gasteiger partial charge in [0.05, 0.1) is 5.69 Å². The summed E-state index contributed by atoms with van der Waals surface area (Å²) in [5, 5.41) is 6.55. The molecule has 0 atom stereocenters. The van der Waals surface area contributed by atoms with Crippen molar-refractivity contribution in [3.63, 3.8) is 0 Å². The highest BCUT2D eigenvalue weighted by Gasteiger charge is 2.04. The third-order valence-electron chi connectivity index (χ3n) is 4.24. The first kappa shape index (κ1) is 22.6. The van der Waals surface area contributed by atoms with Gasteiger partial charge in [-0.25, -0.2) is 9.37 Å². The standard InChI is InChI=1S/C20H23BrFN5.HI/c1-23-20(24-10-4-5-15-7-8-16(21)13-18(15)22)25-11-9-17-14-27-12-3-2-6-19(27)26-17;/h2-3,6-8,12-14H,4-5,9-11H2,1H3,(H2,23,24,25);1H. The number of pyridine rings is 1. The van der Waals surface area contributed by atoms with Gasteiger partial charge < -0.3 is 15.0 Å². The van der Waals surface area contributed by atoms with Crippen LogP contribution in [-0.2, 0) is 12.8 Å². The second-order valence-corrected chi connectivity index (χ2v) is 7.13. The third-order valence-corrected chi connectivity index (χ3v) is 4.73. The van der Waals surface area contributed by atoms with Crippen molar-refractivity contribution >= 4 is 51.5 Å². The number of aryl methyl sites for hydroxylation is 1. The van der Waals surface area contributed by atoms with Crippen LogP contribution < -0.4 is 10.6 Å². The molecular weight excluding hydrogens is 536 g/mol. The lowest BCUT2D eigenvalue weighted by Crippen LogP contribution is -2.38. The molecule has 0 amide bonds. The molecule has 28 heavy (non-hydrogen) atoms. The number of aliphatic imine (C=N–C) groups is 1. The van der Waals surface area contributed by atoms with Crippen molar-refractivity contribution in [2.45, 2.75) is 19.3 Å². The van der Waals surface area contributed by atoms with Gasteiger partial charge in [-0.1, -0.05) is 28.1 Å². The maximum atomic E-state index is 13.8. The summed E-state index contributed by atoms with van der Waals surface area (Å²) >= 11 is 3.28. The van der Waals surface area contributed by atoms with E-state index in [2.05, 4.69) is 36.5 Å². The molecule has 0 saturated carbocycles. The topological polar surface area (TPSA) is 53.7 Å². The average Bonchev–Trinajstić information content (AvgIpc) is 3.08. The first-order chi connectivity index (χ1) is 13.2. The van der Waals surface area contributed by atoms with Crippen molar-refractivity contribution in [2.75, 3.05) is 20.1 Å². The van der Waals surface area contributed by atoms with Crippen molar-refractivity contribution < 1.29 is 4.39 Å². The molecule has 2 aromatic heterocycles. The van der Waals surface area contributed by atoms with Crippen LogP contribution in [0.1, 0.15) is 17.7 Å². The van der Waals surface area contributed by atoms with Crippen LogP contribution >= 0.6 is 39.9 Å². The Labute approximate surface area is 190 Å². The van der Waals surface area contributed by atoms with Gasteiger partial charge in [-0.3, -0.25) is 4.99 Å². The van der Waals surface area contributed by atoms with E-state index >= 15 is 0 Å². The first-order valence-electron chi connectivity index (χ1n) is 8.97. The minimum atomic E-state index is -0.167. The van der Waals surface area contributed by atoms with Gasteiger partial charge in [-0.2, -0.15) is 0 Å². The number of benzene rings is 1. The quantitative estimate of drug-likeness (QED) is 0.197. The van der Waals surface area contributed by atoms with Crippen molar-refractivity contribution in [2.24, 2.45) is 4.99 Å². The summed E-state index contributed by atoms with van der Waals surface area (Å²) in [5.74, 6) is 0.578. The highest BCUT2D eigenvalue weighted by atomic mass is 127. The summed E-state index contributed by atoms with van der Waals surface area (Å²) in [6, 6.07) is 11.2. The zero-order valence-electron chi connectivity index (χ0n) is 15.7. The molecule has 0 unspecified atom stereocenters. The molecule has 0 aliphatic carbocycles. The molecular formula is C20H24BrFIN5. The summed E-state index contributed by atoms with van der Waals surface area (Å²) in [5.41, 5.74) is 2.72. The number of aromatic nitrogens is 2. The molecule has 1 aromatic carbocycles. The van der Waals surface area contributed by atoms with Crippen molar-refractivity contribution in [3.8, 4) is 0 Å². The van der Waals surface area contributed by atoms with E-state index in [0.717, 1.165) is 53.3 Å². The fourth-order valence-electron chi connectivity index (χ4n) is 2.85. The van der Waals surface area contributed by atoms with E-state index in [1.807, 2.05) is 47.1 Å². The molecule has 8 heteroatoms. The van der Waals surface area contributed by atoms with E-state index in [-0.39, 0.29) is 29.8 Å². The number of nitrogens with zero attached hydrogens (tertiary/aromatic N) is 3. The molecule has 0 aliphatic heterocycles. The van der Waals surface area contributed by atoms with E-state index in [0.29, 0.717) is 6.42 Å². The van der Waals surface area contributed by atoms with Crippen molar-refractivity contribution in [1.29, 1.82) is 0 Å². The van der Waals surface area contributed by atoms with Gasteiger partial charge in [0.2, 0.25) is 0 Å². The zero-order valence-corrected chi connectivity index (χ0v) is 19.6. The Kier molecular flexibility index (Phi) is 9.17. The van der Waals surface area contributed by atoms with Gasteiger partial charge in [-0.15, -0.1) is 24.0 Å². The molecule has 0 fully saturated rings. The van der Waals surface area contributed by atoms with Crippen LogP contribution in [0.5, 0.6) is 0 Å². The van der Waals surface area contributed by atoms with E-state index in [4.69, 9.17) is 0 Å². The fourth-order valence-corrected chi connectivity index (χ4v) is 3.18. The number of nitrogens with one attached hydrogen (secondary N) is 2. The van der Waals surface area contributed by atoms with Crippen LogP contribution in [0.25, 0.3) is 5.65 Å². The second kappa shape index (κ2) is 11.4. The zero-order chi connectivity index (χ0) is 19.1. The summed E-state index contributed by atoms with van der Waals surface area (Å²) in [4.78, 5) is 8.81. The Balaban J connectivity index is 0.00000280. The Morgan fingerprint density at radius 3 is 2.75 bits per heavy atom. The molecule has 0 aliphatic rings. The Morgan fingerprint density at radius 2 is 2.00 bits per heavy atom. The molecule has 2 N–H and O–H groups in total. The molecule has 0 saturated heterocycles. The number of fused-ring (bicyclic) bond motifs is 1. The Hall–Kier alpha value is -1.68. The summed E-state index contributed by atoms with van der Waals surface area (Å²) in [6.45, 7) is 1.47. The van der Waals surface area contributed by atoms with Crippen molar-refractivity contribution in [1.82, 2.24) is 20.0 Å². The van der Waals surface area contributed by atoms with E-state index in [9.17, 15) is 4.39 Å². The van der Waals surface area contributed by atoms with Crippen LogP contribution in [0.2, 0.25) is 0 Å².